The van der Waals surface area contributed by atoms with E-state index in [1.54, 1.807) is 25.1 Å². The normalized spacial score (nSPS) is 22.7. The van der Waals surface area contributed by atoms with E-state index in [0.717, 1.165) is 38.5 Å². The SMILES string of the molecule is CCc1noc([C@H](c2nc3c(F)c(N4CCCC[C@H]4C(=O)N(C)C)ccc3[nH]2)C2CCC(C)CC2)c1C(N)=O. The van der Waals surface area contributed by atoms with E-state index in [-0.39, 0.29) is 17.3 Å². The number of imidazole rings is 1. The van der Waals surface area contributed by atoms with Crippen molar-refractivity contribution < 1.29 is 18.5 Å². The third-order valence-corrected chi connectivity index (χ3v) is 8.61. The summed E-state index contributed by atoms with van der Waals surface area (Å²) in [6.07, 6.45) is 6.98. The number of aryl methyl sites for hydroxylation is 1. The molecule has 5 rings (SSSR count). The number of nitrogens with two attached hydrogens (primary N) is 1. The second-order valence-electron chi connectivity index (χ2n) is 11.4. The Morgan fingerprint density at radius 1 is 1.21 bits per heavy atom. The number of amides is 2. The van der Waals surface area contributed by atoms with E-state index in [4.69, 9.17) is 15.2 Å². The standard InChI is InChI=1S/C29H39FN6O3/c1-5-18-23(27(31)37)26(39-34-18)22(17-11-9-16(2)10-12-17)28-32-19-13-14-20(24(30)25(19)33-28)36-15-7-6-8-21(36)29(38)35(3)4/h13-14,16-17,21-22H,5-12,15H2,1-4H3,(H2,31,37)(H,32,33)/t16?,17?,21-,22+/m0/s1. The Labute approximate surface area is 228 Å². The van der Waals surface area contributed by atoms with Crippen LogP contribution in [0, 0.1) is 17.7 Å². The van der Waals surface area contributed by atoms with Crippen molar-refractivity contribution in [2.45, 2.75) is 77.2 Å². The molecule has 10 heteroatoms. The van der Waals surface area contributed by atoms with Crippen molar-refractivity contribution in [3.8, 4) is 0 Å². The number of likely N-dealkylation sites (N-methyl/N-ethyl adjacent to an activating group) is 1. The molecule has 9 nitrogen and oxygen atoms in total. The number of aromatic amines is 1. The van der Waals surface area contributed by atoms with Gasteiger partial charge in [0.1, 0.15) is 22.9 Å². The first-order valence-corrected chi connectivity index (χ1v) is 14.1. The highest BCUT2D eigenvalue weighted by Gasteiger charge is 2.38. The Morgan fingerprint density at radius 3 is 2.62 bits per heavy atom. The quantitative estimate of drug-likeness (QED) is 0.448. The first-order valence-electron chi connectivity index (χ1n) is 14.1. The zero-order chi connectivity index (χ0) is 27.8. The molecule has 2 aromatic heterocycles. The molecule has 1 aromatic carbocycles. The van der Waals surface area contributed by atoms with E-state index in [1.807, 2.05) is 17.9 Å². The number of nitrogens with one attached hydrogen (secondary N) is 1. The Balaban J connectivity index is 1.59. The van der Waals surface area contributed by atoms with Gasteiger partial charge in [-0.15, -0.1) is 0 Å². The molecule has 3 heterocycles. The Hall–Kier alpha value is -3.43. The zero-order valence-electron chi connectivity index (χ0n) is 23.3. The molecule has 1 aliphatic carbocycles. The van der Waals surface area contributed by atoms with Gasteiger partial charge in [0.2, 0.25) is 5.91 Å². The number of rotatable bonds is 7. The molecule has 1 saturated carbocycles. The van der Waals surface area contributed by atoms with Crippen LogP contribution in [0.15, 0.2) is 16.7 Å². The van der Waals surface area contributed by atoms with Gasteiger partial charge >= 0.3 is 0 Å². The fourth-order valence-electron chi connectivity index (χ4n) is 6.43. The minimum atomic E-state index is -0.580. The lowest BCUT2D eigenvalue weighted by Crippen LogP contribution is -2.49. The number of nitrogens with zero attached hydrogens (tertiary/aromatic N) is 4. The lowest BCUT2D eigenvalue weighted by atomic mass is 9.74. The highest BCUT2D eigenvalue weighted by Crippen LogP contribution is 2.43. The maximum absolute atomic E-state index is 16.2. The van der Waals surface area contributed by atoms with Crippen LogP contribution in [0.2, 0.25) is 0 Å². The molecule has 0 unspecified atom stereocenters. The van der Waals surface area contributed by atoms with Crippen molar-refractivity contribution in [3.05, 3.63) is 40.8 Å². The van der Waals surface area contributed by atoms with Gasteiger partial charge in [0.15, 0.2) is 11.6 Å². The average molecular weight is 539 g/mol. The molecule has 3 N–H and O–H groups in total. The number of carbonyl (C=O) groups excluding carboxylic acids is 2. The molecule has 39 heavy (non-hydrogen) atoms. The second-order valence-corrected chi connectivity index (χ2v) is 11.4. The maximum atomic E-state index is 16.2. The highest BCUT2D eigenvalue weighted by molar-refractivity contribution is 5.95. The number of aromatic nitrogens is 3. The van der Waals surface area contributed by atoms with Gasteiger partial charge in [0.05, 0.1) is 22.8 Å². The molecular formula is C29H39FN6O3. The lowest BCUT2D eigenvalue weighted by molar-refractivity contribution is -0.130. The van der Waals surface area contributed by atoms with Crippen molar-refractivity contribution >= 4 is 28.5 Å². The van der Waals surface area contributed by atoms with Gasteiger partial charge in [-0.3, -0.25) is 9.59 Å². The molecule has 210 valence electrons. The van der Waals surface area contributed by atoms with Crippen molar-refractivity contribution in [2.24, 2.45) is 17.6 Å². The third kappa shape index (κ3) is 5.01. The second kappa shape index (κ2) is 11.0. The van der Waals surface area contributed by atoms with Crippen LogP contribution in [0.3, 0.4) is 0 Å². The summed E-state index contributed by atoms with van der Waals surface area (Å²) in [7, 11) is 3.46. The van der Waals surface area contributed by atoms with Crippen LogP contribution in [-0.4, -0.2) is 58.5 Å². The van der Waals surface area contributed by atoms with Crippen LogP contribution in [0.4, 0.5) is 10.1 Å². The van der Waals surface area contributed by atoms with Crippen molar-refractivity contribution in [1.82, 2.24) is 20.0 Å². The summed E-state index contributed by atoms with van der Waals surface area (Å²) in [6, 6.07) is 3.15. The van der Waals surface area contributed by atoms with Gasteiger partial charge in [-0.1, -0.05) is 31.8 Å². The van der Waals surface area contributed by atoms with Crippen LogP contribution < -0.4 is 10.6 Å². The van der Waals surface area contributed by atoms with Crippen molar-refractivity contribution in [2.75, 3.05) is 25.5 Å². The van der Waals surface area contributed by atoms with Crippen LogP contribution in [0.25, 0.3) is 11.0 Å². The number of anilines is 1. The summed E-state index contributed by atoms with van der Waals surface area (Å²) in [6.45, 7) is 4.75. The summed E-state index contributed by atoms with van der Waals surface area (Å²) in [4.78, 5) is 37.0. The summed E-state index contributed by atoms with van der Waals surface area (Å²) >= 11 is 0. The summed E-state index contributed by atoms with van der Waals surface area (Å²) in [5.74, 6) is 0.254. The molecule has 2 atom stereocenters. The molecule has 0 radical (unpaired) electrons. The number of benzene rings is 1. The molecule has 3 aromatic rings. The number of hydrogen-bond donors (Lipinski definition) is 2. The third-order valence-electron chi connectivity index (χ3n) is 8.61. The van der Waals surface area contributed by atoms with Crippen LogP contribution in [0.5, 0.6) is 0 Å². The topological polar surface area (TPSA) is 121 Å². The van der Waals surface area contributed by atoms with Gasteiger partial charge < -0.3 is 25.0 Å². The summed E-state index contributed by atoms with van der Waals surface area (Å²) in [5, 5.41) is 4.16. The molecule has 2 fully saturated rings. The minimum Gasteiger partial charge on any atom is -0.365 e. The smallest absolute Gasteiger partial charge is 0.254 e. The zero-order valence-corrected chi connectivity index (χ0v) is 23.3. The molecular weight excluding hydrogens is 499 g/mol. The fourth-order valence-corrected chi connectivity index (χ4v) is 6.43. The number of halogens is 1. The molecule has 0 spiro atoms. The Morgan fingerprint density at radius 2 is 1.95 bits per heavy atom. The number of H-pyrrole nitrogens is 1. The molecule has 1 saturated heterocycles. The van der Waals surface area contributed by atoms with E-state index in [2.05, 4.69) is 17.1 Å². The minimum absolute atomic E-state index is 0.0282. The van der Waals surface area contributed by atoms with Gasteiger partial charge in [-0.2, -0.15) is 0 Å². The van der Waals surface area contributed by atoms with Gasteiger partial charge in [0.25, 0.3) is 5.91 Å². The maximum Gasteiger partial charge on any atom is 0.254 e. The highest BCUT2D eigenvalue weighted by atomic mass is 19.1. The summed E-state index contributed by atoms with van der Waals surface area (Å²) in [5.41, 5.74) is 7.79. The number of primary amides is 1. The van der Waals surface area contributed by atoms with E-state index in [1.165, 1.54) is 0 Å². The first kappa shape index (κ1) is 27.1. The summed E-state index contributed by atoms with van der Waals surface area (Å²) < 4.78 is 22.0. The monoisotopic (exact) mass is 538 g/mol. The van der Waals surface area contributed by atoms with Gasteiger partial charge in [0, 0.05) is 20.6 Å². The predicted octanol–water partition coefficient (Wildman–Crippen LogP) is 4.76. The molecule has 0 bridgehead atoms. The van der Waals surface area contributed by atoms with Crippen LogP contribution in [0.1, 0.15) is 92.3 Å². The van der Waals surface area contributed by atoms with Crippen LogP contribution in [-0.2, 0) is 11.2 Å². The molecule has 2 aliphatic rings. The van der Waals surface area contributed by atoms with E-state index >= 15 is 4.39 Å². The fraction of sp³-hybridized carbons (Fsp3) is 0.586. The van der Waals surface area contributed by atoms with E-state index in [9.17, 15) is 9.59 Å². The number of fused-ring (bicyclic) bond motifs is 1. The average Bonchev–Trinajstić information content (AvgIpc) is 3.55. The number of piperidine rings is 1. The lowest BCUT2D eigenvalue weighted by Gasteiger charge is -2.37. The van der Waals surface area contributed by atoms with E-state index < -0.39 is 23.7 Å². The first-order chi connectivity index (χ1) is 18.7. The van der Waals surface area contributed by atoms with Crippen LogP contribution >= 0.6 is 0 Å². The predicted molar refractivity (Wildman–Crippen MR) is 147 cm³/mol. The Bertz CT molecular complexity index is 1360. The van der Waals surface area contributed by atoms with Gasteiger partial charge in [-0.05, 0) is 62.5 Å². The molecule has 2 amide bonds. The van der Waals surface area contributed by atoms with Gasteiger partial charge in [-0.25, -0.2) is 9.37 Å². The van der Waals surface area contributed by atoms with E-state index in [0.29, 0.717) is 59.4 Å². The Kier molecular flexibility index (Phi) is 7.64. The largest absolute Gasteiger partial charge is 0.365 e. The van der Waals surface area contributed by atoms with Crippen molar-refractivity contribution in [1.29, 1.82) is 0 Å². The van der Waals surface area contributed by atoms with Crippen molar-refractivity contribution in [3.63, 3.8) is 0 Å². The molecule has 1 aliphatic heterocycles. The number of carbonyl (C=O) groups is 2. The number of hydrogen-bond acceptors (Lipinski definition) is 6.